The smallest absolute Gasteiger partial charge is 0.268 e. The Labute approximate surface area is 219 Å². The molecule has 7 heteroatoms. The summed E-state index contributed by atoms with van der Waals surface area (Å²) in [6.45, 7) is 0. The maximum absolute atomic E-state index is 13.7. The minimum atomic E-state index is -0.105. The van der Waals surface area contributed by atoms with Gasteiger partial charge in [0.05, 0.1) is 16.8 Å². The van der Waals surface area contributed by atoms with Crippen LogP contribution in [-0.4, -0.2) is 17.2 Å². The van der Waals surface area contributed by atoms with Gasteiger partial charge in [-0.2, -0.15) is 5.10 Å². The van der Waals surface area contributed by atoms with E-state index in [1.54, 1.807) is 6.07 Å². The number of amides is 1. The lowest BCUT2D eigenvalue weighted by molar-refractivity contribution is -0.117. The Kier molecular flexibility index (Phi) is 5.94. The summed E-state index contributed by atoms with van der Waals surface area (Å²) in [5.41, 5.74) is 2.36. The molecular formula is C27H28BrCl2N3O. The lowest BCUT2D eigenvalue weighted by atomic mass is 9.73. The molecule has 1 N–H and O–H groups in total. The van der Waals surface area contributed by atoms with Gasteiger partial charge >= 0.3 is 0 Å². The predicted octanol–water partition coefficient (Wildman–Crippen LogP) is 7.54. The molecule has 34 heavy (non-hydrogen) atoms. The Morgan fingerprint density at radius 3 is 2.68 bits per heavy atom. The molecule has 178 valence electrons. The SMILES string of the molecule is O=C(NC12CCCC3CC(CC3C1)C2)C1=NN(c2ccc(Cl)cc2Cl)C(c2ccc(Br)cc2)C1. The Morgan fingerprint density at radius 2 is 1.88 bits per heavy atom. The number of fused-ring (bicyclic) bond motifs is 2. The molecule has 5 unspecified atom stereocenters. The molecule has 0 aromatic heterocycles. The maximum atomic E-state index is 13.7. The molecule has 3 bridgehead atoms. The van der Waals surface area contributed by atoms with Crippen LogP contribution in [0.4, 0.5) is 5.69 Å². The lowest BCUT2D eigenvalue weighted by Crippen LogP contribution is -2.53. The number of nitrogens with zero attached hydrogens (tertiary/aromatic N) is 2. The van der Waals surface area contributed by atoms with Crippen molar-refractivity contribution in [3.63, 3.8) is 0 Å². The largest absolute Gasteiger partial charge is 0.345 e. The van der Waals surface area contributed by atoms with Gasteiger partial charge in [-0.1, -0.05) is 64.1 Å². The molecule has 5 atom stereocenters. The Hall–Kier alpha value is -1.56. The van der Waals surface area contributed by atoms with Gasteiger partial charge in [-0.05, 0) is 85.8 Å². The molecule has 1 amide bonds. The third-order valence-electron chi connectivity index (χ3n) is 8.46. The van der Waals surface area contributed by atoms with Crippen LogP contribution in [0.5, 0.6) is 0 Å². The fraction of sp³-hybridized carbons (Fsp3) is 0.481. The predicted molar refractivity (Wildman–Crippen MR) is 142 cm³/mol. The van der Waals surface area contributed by atoms with Crippen LogP contribution in [0.25, 0.3) is 0 Å². The second-order valence-corrected chi connectivity index (χ2v) is 12.4. The van der Waals surface area contributed by atoms with Crippen molar-refractivity contribution in [1.29, 1.82) is 0 Å². The van der Waals surface area contributed by atoms with Gasteiger partial charge in [0.15, 0.2) is 0 Å². The van der Waals surface area contributed by atoms with Crippen molar-refractivity contribution in [3.8, 4) is 0 Å². The molecule has 3 saturated carbocycles. The first-order valence-corrected chi connectivity index (χ1v) is 13.8. The fourth-order valence-corrected chi connectivity index (χ4v) is 7.87. The summed E-state index contributed by atoms with van der Waals surface area (Å²) in [4.78, 5) is 13.7. The van der Waals surface area contributed by atoms with Crippen LogP contribution in [-0.2, 0) is 4.79 Å². The van der Waals surface area contributed by atoms with Gasteiger partial charge in [-0.3, -0.25) is 9.80 Å². The van der Waals surface area contributed by atoms with Gasteiger partial charge < -0.3 is 5.32 Å². The van der Waals surface area contributed by atoms with Crippen molar-refractivity contribution in [2.45, 2.75) is 62.9 Å². The maximum Gasteiger partial charge on any atom is 0.268 e. The van der Waals surface area contributed by atoms with Crippen LogP contribution in [0.1, 0.15) is 63.0 Å². The summed E-state index contributed by atoms with van der Waals surface area (Å²) < 4.78 is 1.02. The zero-order chi connectivity index (χ0) is 23.4. The molecule has 0 spiro atoms. The minimum absolute atomic E-state index is 0.0190. The third-order valence-corrected chi connectivity index (χ3v) is 9.53. The van der Waals surface area contributed by atoms with E-state index in [9.17, 15) is 4.79 Å². The Morgan fingerprint density at radius 1 is 1.09 bits per heavy atom. The van der Waals surface area contributed by atoms with E-state index in [1.165, 1.54) is 25.7 Å². The van der Waals surface area contributed by atoms with Crippen LogP contribution in [0.2, 0.25) is 10.0 Å². The van der Waals surface area contributed by atoms with Crippen LogP contribution in [0, 0.1) is 17.8 Å². The van der Waals surface area contributed by atoms with Crippen molar-refractivity contribution >= 4 is 56.4 Å². The molecule has 3 fully saturated rings. The first-order valence-electron chi connectivity index (χ1n) is 12.3. The van der Waals surface area contributed by atoms with Gasteiger partial charge in [-0.15, -0.1) is 0 Å². The number of hydrogen-bond acceptors (Lipinski definition) is 3. The molecule has 4 nitrogen and oxygen atoms in total. The van der Waals surface area contributed by atoms with E-state index in [2.05, 4.69) is 33.4 Å². The summed E-state index contributed by atoms with van der Waals surface area (Å²) in [5.74, 6) is 2.41. The number of benzene rings is 2. The molecule has 1 heterocycles. The average Bonchev–Trinajstić information content (AvgIpc) is 3.32. The highest BCUT2D eigenvalue weighted by molar-refractivity contribution is 9.10. The summed E-state index contributed by atoms with van der Waals surface area (Å²) in [7, 11) is 0. The van der Waals surface area contributed by atoms with E-state index in [1.807, 2.05) is 29.3 Å². The second kappa shape index (κ2) is 8.83. The zero-order valence-electron chi connectivity index (χ0n) is 18.9. The highest BCUT2D eigenvalue weighted by Gasteiger charge is 2.50. The molecule has 2 aromatic rings. The van der Waals surface area contributed by atoms with Crippen LogP contribution < -0.4 is 10.3 Å². The molecule has 6 rings (SSSR count). The number of carbonyl (C=O) groups excluding carboxylic acids is 1. The van der Waals surface area contributed by atoms with E-state index in [4.69, 9.17) is 28.3 Å². The summed E-state index contributed by atoms with van der Waals surface area (Å²) in [6, 6.07) is 13.5. The van der Waals surface area contributed by atoms with E-state index in [-0.39, 0.29) is 17.5 Å². The normalized spacial score (nSPS) is 32.0. The standard InChI is InChI=1S/C27H28BrCl2N3O/c28-20-5-3-17(4-6-20)25-13-23(32-33(25)24-8-7-21(29)12-22(24)30)26(34)31-27-9-1-2-18-10-16(14-27)11-19(18)15-27/h3-8,12,16,18-19,25H,1-2,9-11,13-15H2,(H,31,34). The van der Waals surface area contributed by atoms with Crippen molar-refractivity contribution in [2.24, 2.45) is 22.9 Å². The quantitative estimate of drug-likeness (QED) is 0.420. The van der Waals surface area contributed by atoms with Crippen molar-refractivity contribution < 1.29 is 4.79 Å². The average molecular weight is 561 g/mol. The molecule has 2 aromatic carbocycles. The summed E-state index contributed by atoms with van der Waals surface area (Å²) in [6.07, 6.45) is 9.16. The van der Waals surface area contributed by atoms with Crippen molar-refractivity contribution in [2.75, 3.05) is 5.01 Å². The minimum Gasteiger partial charge on any atom is -0.345 e. The van der Waals surface area contributed by atoms with Crippen LogP contribution in [0.15, 0.2) is 52.0 Å². The number of halogens is 3. The van der Waals surface area contributed by atoms with E-state index in [0.717, 1.165) is 52.7 Å². The molecule has 0 radical (unpaired) electrons. The van der Waals surface area contributed by atoms with Crippen molar-refractivity contribution in [3.05, 3.63) is 62.5 Å². The topological polar surface area (TPSA) is 44.7 Å². The fourth-order valence-electron chi connectivity index (χ4n) is 7.11. The zero-order valence-corrected chi connectivity index (χ0v) is 22.0. The van der Waals surface area contributed by atoms with Gasteiger partial charge in [-0.25, -0.2) is 0 Å². The highest BCUT2D eigenvalue weighted by Crippen LogP contribution is 2.55. The van der Waals surface area contributed by atoms with Gasteiger partial charge in [0.25, 0.3) is 5.91 Å². The molecule has 0 saturated heterocycles. The second-order valence-electron chi connectivity index (χ2n) is 10.7. The number of hydrogen-bond donors (Lipinski definition) is 1. The van der Waals surface area contributed by atoms with Gasteiger partial charge in [0.2, 0.25) is 0 Å². The first-order chi connectivity index (χ1) is 16.4. The van der Waals surface area contributed by atoms with E-state index in [0.29, 0.717) is 22.2 Å². The van der Waals surface area contributed by atoms with Crippen LogP contribution >= 0.6 is 39.1 Å². The van der Waals surface area contributed by atoms with E-state index < -0.39 is 0 Å². The number of carbonyl (C=O) groups is 1. The van der Waals surface area contributed by atoms with Crippen LogP contribution in [0.3, 0.4) is 0 Å². The molecule has 3 aliphatic carbocycles. The Balaban J connectivity index is 1.30. The lowest BCUT2D eigenvalue weighted by Gasteiger charge is -2.41. The Bertz CT molecular complexity index is 1150. The highest BCUT2D eigenvalue weighted by atomic mass is 79.9. The van der Waals surface area contributed by atoms with E-state index >= 15 is 0 Å². The first kappa shape index (κ1) is 22.9. The molecular weight excluding hydrogens is 533 g/mol. The number of nitrogens with one attached hydrogen (secondary N) is 1. The number of hydrazone groups is 1. The summed E-state index contributed by atoms with van der Waals surface area (Å²) >= 11 is 16.2. The van der Waals surface area contributed by atoms with Crippen molar-refractivity contribution in [1.82, 2.24) is 5.32 Å². The third kappa shape index (κ3) is 4.18. The number of rotatable bonds is 4. The monoisotopic (exact) mass is 559 g/mol. The molecule has 4 aliphatic rings. The molecule has 1 aliphatic heterocycles. The van der Waals surface area contributed by atoms with Gasteiger partial charge in [0, 0.05) is 21.5 Å². The number of anilines is 1. The summed E-state index contributed by atoms with van der Waals surface area (Å²) in [5, 5.41) is 11.4. The van der Waals surface area contributed by atoms with Gasteiger partial charge in [0.1, 0.15) is 5.71 Å².